The van der Waals surface area contributed by atoms with Gasteiger partial charge < -0.3 is 10.4 Å². The first-order valence-corrected chi connectivity index (χ1v) is 5.84. The molecule has 106 valence electrons. The average Bonchev–Trinajstić information content (AvgIpc) is 2.40. The minimum absolute atomic E-state index is 0.549. The number of halogens is 3. The van der Waals surface area contributed by atoms with Crippen LogP contribution in [0.2, 0.25) is 0 Å². The zero-order valence-electron chi connectivity index (χ0n) is 10.2. The Hall–Kier alpha value is -1.63. The Balaban J connectivity index is 0.000000224. The Morgan fingerprint density at radius 2 is 2.11 bits per heavy atom. The fourth-order valence-electron chi connectivity index (χ4n) is 1.72. The molecule has 1 fully saturated rings. The second-order valence-electron chi connectivity index (χ2n) is 4.09. The molecule has 0 aliphatic carbocycles. The van der Waals surface area contributed by atoms with Crippen molar-refractivity contribution < 1.29 is 23.1 Å². The number of aromatic nitrogens is 1. The number of nitrogens with zero attached hydrogens (tertiary/aromatic N) is 1. The number of hydrogen-bond acceptors (Lipinski definition) is 3. The van der Waals surface area contributed by atoms with Crippen molar-refractivity contribution in [3.8, 4) is 0 Å². The smallest absolute Gasteiger partial charge is 0.475 e. The molecular weight excluding hydrogens is 261 g/mol. The molecule has 2 heterocycles. The van der Waals surface area contributed by atoms with Crippen LogP contribution in [0, 0.1) is 0 Å². The molecule has 1 aromatic heterocycles. The lowest BCUT2D eigenvalue weighted by atomic mass is 9.99. The molecule has 0 spiro atoms. The van der Waals surface area contributed by atoms with Crippen molar-refractivity contribution in [1.29, 1.82) is 0 Å². The second kappa shape index (κ2) is 7.08. The molecule has 1 aromatic rings. The van der Waals surface area contributed by atoms with Crippen LogP contribution in [0.15, 0.2) is 24.5 Å². The predicted octanol–water partition coefficient (Wildman–Crippen LogP) is 2.53. The van der Waals surface area contributed by atoms with Crippen molar-refractivity contribution in [3.05, 3.63) is 30.1 Å². The summed E-state index contributed by atoms with van der Waals surface area (Å²) in [4.78, 5) is 13.0. The molecule has 2 N–H and O–H groups in total. The van der Waals surface area contributed by atoms with Crippen LogP contribution in [0.1, 0.15) is 30.9 Å². The molecule has 2 rings (SSSR count). The number of alkyl halides is 3. The van der Waals surface area contributed by atoms with E-state index >= 15 is 0 Å². The van der Waals surface area contributed by atoms with Gasteiger partial charge in [0.05, 0.1) is 0 Å². The van der Waals surface area contributed by atoms with E-state index in [9.17, 15) is 13.2 Å². The van der Waals surface area contributed by atoms with Gasteiger partial charge in [0.1, 0.15) is 0 Å². The van der Waals surface area contributed by atoms with Gasteiger partial charge in [-0.05, 0) is 31.0 Å². The monoisotopic (exact) mass is 276 g/mol. The lowest BCUT2D eigenvalue weighted by Crippen LogP contribution is -2.26. The third-order valence-corrected chi connectivity index (χ3v) is 2.64. The molecule has 0 bridgehead atoms. The number of carbonyl (C=O) groups is 1. The summed E-state index contributed by atoms with van der Waals surface area (Å²) in [5, 5.41) is 10.6. The predicted molar refractivity (Wildman–Crippen MR) is 62.5 cm³/mol. The van der Waals surface area contributed by atoms with E-state index in [1.165, 1.54) is 24.8 Å². The van der Waals surface area contributed by atoms with Crippen LogP contribution >= 0.6 is 0 Å². The summed E-state index contributed by atoms with van der Waals surface area (Å²) < 4.78 is 31.7. The normalized spacial score (nSPS) is 19.2. The molecule has 0 aromatic carbocycles. The summed E-state index contributed by atoms with van der Waals surface area (Å²) >= 11 is 0. The highest BCUT2D eigenvalue weighted by molar-refractivity contribution is 5.73. The van der Waals surface area contributed by atoms with Crippen molar-refractivity contribution in [2.75, 3.05) is 6.54 Å². The first kappa shape index (κ1) is 15.4. The summed E-state index contributed by atoms with van der Waals surface area (Å²) in [6, 6.07) is 4.70. The minimum atomic E-state index is -5.08. The number of rotatable bonds is 1. The van der Waals surface area contributed by atoms with E-state index in [4.69, 9.17) is 9.90 Å². The molecule has 19 heavy (non-hydrogen) atoms. The van der Waals surface area contributed by atoms with E-state index in [1.54, 1.807) is 0 Å². The highest BCUT2D eigenvalue weighted by Crippen LogP contribution is 2.21. The van der Waals surface area contributed by atoms with Crippen LogP contribution in [0.3, 0.4) is 0 Å². The summed E-state index contributed by atoms with van der Waals surface area (Å²) in [6.45, 7) is 1.15. The van der Waals surface area contributed by atoms with Crippen molar-refractivity contribution in [1.82, 2.24) is 10.3 Å². The van der Waals surface area contributed by atoms with Crippen LogP contribution in [-0.2, 0) is 4.79 Å². The van der Waals surface area contributed by atoms with Gasteiger partial charge in [0, 0.05) is 18.4 Å². The van der Waals surface area contributed by atoms with E-state index in [1.807, 2.05) is 18.5 Å². The average molecular weight is 276 g/mol. The van der Waals surface area contributed by atoms with Crippen molar-refractivity contribution >= 4 is 5.97 Å². The van der Waals surface area contributed by atoms with Gasteiger partial charge in [-0.3, -0.25) is 4.98 Å². The van der Waals surface area contributed by atoms with Gasteiger partial charge in [0.2, 0.25) is 0 Å². The maximum atomic E-state index is 10.6. The van der Waals surface area contributed by atoms with Crippen LogP contribution in [0.25, 0.3) is 0 Å². The zero-order valence-corrected chi connectivity index (χ0v) is 10.2. The second-order valence-corrected chi connectivity index (χ2v) is 4.09. The largest absolute Gasteiger partial charge is 0.490 e. The maximum absolute atomic E-state index is 10.6. The lowest BCUT2D eigenvalue weighted by Gasteiger charge is -2.23. The Bertz CT molecular complexity index is 390. The van der Waals surface area contributed by atoms with Gasteiger partial charge in [0.15, 0.2) is 0 Å². The Labute approximate surface area is 108 Å². The summed E-state index contributed by atoms with van der Waals surface area (Å²) in [5.41, 5.74) is 1.33. The molecule has 1 aliphatic heterocycles. The van der Waals surface area contributed by atoms with Crippen LogP contribution in [0.5, 0.6) is 0 Å². The summed E-state index contributed by atoms with van der Waals surface area (Å²) in [6.07, 6.45) is 2.62. The Morgan fingerprint density at radius 1 is 1.42 bits per heavy atom. The van der Waals surface area contributed by atoms with Crippen molar-refractivity contribution in [3.63, 3.8) is 0 Å². The first-order chi connectivity index (χ1) is 8.91. The molecule has 0 amide bonds. The van der Waals surface area contributed by atoms with Gasteiger partial charge in [-0.25, -0.2) is 4.79 Å². The SMILES string of the molecule is O=C(O)C(F)(F)F.c1cncc(C2CCCCN2)c1. The van der Waals surface area contributed by atoms with Gasteiger partial charge in [-0.2, -0.15) is 13.2 Å². The zero-order chi connectivity index (χ0) is 14.3. The molecule has 1 saturated heterocycles. The van der Waals surface area contributed by atoms with Crippen LogP contribution in [-0.4, -0.2) is 28.8 Å². The quantitative estimate of drug-likeness (QED) is 0.827. The summed E-state index contributed by atoms with van der Waals surface area (Å²) in [5.74, 6) is -2.76. The number of piperidine rings is 1. The number of pyridine rings is 1. The lowest BCUT2D eigenvalue weighted by molar-refractivity contribution is -0.192. The Kier molecular flexibility index (Phi) is 5.75. The van der Waals surface area contributed by atoms with E-state index in [0.29, 0.717) is 6.04 Å². The van der Waals surface area contributed by atoms with Crippen LogP contribution in [0.4, 0.5) is 13.2 Å². The van der Waals surface area contributed by atoms with Crippen LogP contribution < -0.4 is 5.32 Å². The fourth-order valence-corrected chi connectivity index (χ4v) is 1.72. The topological polar surface area (TPSA) is 62.2 Å². The molecule has 1 atom stereocenters. The summed E-state index contributed by atoms with van der Waals surface area (Å²) in [7, 11) is 0. The van der Waals surface area contributed by atoms with Crippen molar-refractivity contribution in [2.24, 2.45) is 0 Å². The highest BCUT2D eigenvalue weighted by atomic mass is 19.4. The third-order valence-electron chi connectivity index (χ3n) is 2.64. The molecule has 7 heteroatoms. The maximum Gasteiger partial charge on any atom is 0.490 e. The number of carboxylic acid groups (broad SMARTS) is 1. The number of nitrogens with one attached hydrogen (secondary N) is 1. The minimum Gasteiger partial charge on any atom is -0.475 e. The third kappa shape index (κ3) is 5.69. The van der Waals surface area contributed by atoms with E-state index in [0.717, 1.165) is 6.54 Å². The molecule has 0 radical (unpaired) electrons. The fraction of sp³-hybridized carbons (Fsp3) is 0.500. The first-order valence-electron chi connectivity index (χ1n) is 5.84. The molecule has 1 unspecified atom stereocenters. The highest BCUT2D eigenvalue weighted by Gasteiger charge is 2.38. The molecule has 0 saturated carbocycles. The molecular formula is C12H15F3N2O2. The number of hydrogen-bond donors (Lipinski definition) is 2. The van der Waals surface area contributed by atoms with Gasteiger partial charge >= 0.3 is 12.1 Å². The number of aliphatic carboxylic acids is 1. The van der Waals surface area contributed by atoms with Gasteiger partial charge in [0.25, 0.3) is 0 Å². The van der Waals surface area contributed by atoms with Gasteiger partial charge in [-0.1, -0.05) is 12.5 Å². The van der Waals surface area contributed by atoms with Crippen molar-refractivity contribution in [2.45, 2.75) is 31.5 Å². The Morgan fingerprint density at radius 3 is 2.53 bits per heavy atom. The number of carboxylic acids is 1. The standard InChI is InChI=1S/C10H14N2.C2HF3O2/c1-2-7-12-10(5-1)9-4-3-6-11-8-9;3-2(4,5)1(6)7/h3-4,6,8,10,12H,1-2,5,7H2;(H,6,7). The molecule has 1 aliphatic rings. The van der Waals surface area contributed by atoms with Gasteiger partial charge in [-0.15, -0.1) is 0 Å². The van der Waals surface area contributed by atoms with E-state index < -0.39 is 12.1 Å². The van der Waals surface area contributed by atoms with E-state index in [-0.39, 0.29) is 0 Å². The molecule has 4 nitrogen and oxygen atoms in total. The van der Waals surface area contributed by atoms with E-state index in [2.05, 4.69) is 16.4 Å².